The van der Waals surface area contributed by atoms with Crippen molar-refractivity contribution in [2.24, 2.45) is 0 Å². The minimum Gasteiger partial charge on any atom is -0.464 e. The summed E-state index contributed by atoms with van der Waals surface area (Å²) in [4.78, 5) is 25.9. The number of carbonyl (C=O) groups excluding carboxylic acids is 2. The first kappa shape index (κ1) is 24.8. The third-order valence-corrected chi connectivity index (χ3v) is 5.48. The first-order valence-corrected chi connectivity index (χ1v) is 11.8. The molecule has 1 aliphatic rings. The van der Waals surface area contributed by atoms with E-state index in [0.717, 1.165) is 32.1 Å². The SMILES string of the molecule is CCCCCCCCCCCCCOC(=O)[C@@H]1CCCN1C(=O)OCCCC. The normalized spacial score (nSPS) is 16.4. The molecule has 1 aliphatic heterocycles. The van der Waals surface area contributed by atoms with Gasteiger partial charge in [-0.15, -0.1) is 0 Å². The first-order chi connectivity index (χ1) is 13.7. The minimum atomic E-state index is -0.457. The molecule has 5 heteroatoms. The van der Waals surface area contributed by atoms with Gasteiger partial charge in [-0.1, -0.05) is 84.5 Å². The van der Waals surface area contributed by atoms with Crippen LogP contribution in [0, 0.1) is 0 Å². The lowest BCUT2D eigenvalue weighted by atomic mass is 10.1. The van der Waals surface area contributed by atoms with Crippen LogP contribution < -0.4 is 0 Å². The summed E-state index contributed by atoms with van der Waals surface area (Å²) < 4.78 is 10.7. The maximum Gasteiger partial charge on any atom is 0.410 e. The van der Waals surface area contributed by atoms with Gasteiger partial charge in [0.05, 0.1) is 13.2 Å². The predicted octanol–water partition coefficient (Wildman–Crippen LogP) is 6.24. The zero-order valence-corrected chi connectivity index (χ0v) is 18.4. The molecule has 0 aromatic rings. The highest BCUT2D eigenvalue weighted by Gasteiger charge is 2.36. The van der Waals surface area contributed by atoms with Crippen LogP contribution in [0.15, 0.2) is 0 Å². The standard InChI is InChI=1S/C23H43NO4/c1-3-5-7-8-9-10-11-12-13-14-15-20-27-22(25)21-17-16-18-24(21)23(26)28-19-6-4-2/h21H,3-20H2,1-2H3/t21-/m0/s1. The number of ether oxygens (including phenoxy) is 2. The highest BCUT2D eigenvalue weighted by Crippen LogP contribution is 2.20. The molecule has 0 saturated carbocycles. The Kier molecular flexibility index (Phi) is 14.8. The molecule has 1 heterocycles. The lowest BCUT2D eigenvalue weighted by Crippen LogP contribution is -2.41. The van der Waals surface area contributed by atoms with Crippen molar-refractivity contribution in [1.82, 2.24) is 4.90 Å². The van der Waals surface area contributed by atoms with E-state index < -0.39 is 6.04 Å². The van der Waals surface area contributed by atoms with Crippen molar-refractivity contribution < 1.29 is 19.1 Å². The number of esters is 1. The Balaban J connectivity index is 2.02. The summed E-state index contributed by atoms with van der Waals surface area (Å²) in [6.45, 7) is 5.78. The van der Waals surface area contributed by atoms with Crippen molar-refractivity contribution in [3.05, 3.63) is 0 Å². The van der Waals surface area contributed by atoms with Crippen molar-refractivity contribution in [1.29, 1.82) is 0 Å². The Morgan fingerprint density at radius 2 is 1.29 bits per heavy atom. The number of hydrogen-bond donors (Lipinski definition) is 0. The fourth-order valence-electron chi connectivity index (χ4n) is 3.65. The molecular weight excluding hydrogens is 354 g/mol. The van der Waals surface area contributed by atoms with Crippen LogP contribution in [0.1, 0.15) is 110 Å². The van der Waals surface area contributed by atoms with Gasteiger partial charge in [0.2, 0.25) is 0 Å². The maximum absolute atomic E-state index is 12.3. The predicted molar refractivity (Wildman–Crippen MR) is 113 cm³/mol. The topological polar surface area (TPSA) is 55.8 Å². The van der Waals surface area contributed by atoms with Gasteiger partial charge in [0.15, 0.2) is 0 Å². The van der Waals surface area contributed by atoms with E-state index in [2.05, 4.69) is 13.8 Å². The molecule has 1 atom stereocenters. The van der Waals surface area contributed by atoms with Crippen LogP contribution in [0.25, 0.3) is 0 Å². The minimum absolute atomic E-state index is 0.267. The van der Waals surface area contributed by atoms with E-state index in [-0.39, 0.29) is 12.1 Å². The summed E-state index contributed by atoms with van der Waals surface area (Å²) in [5.74, 6) is -0.267. The van der Waals surface area contributed by atoms with E-state index in [1.165, 1.54) is 57.8 Å². The average molecular weight is 398 g/mol. The van der Waals surface area contributed by atoms with Crippen molar-refractivity contribution in [2.45, 2.75) is 116 Å². The zero-order valence-electron chi connectivity index (χ0n) is 18.4. The molecule has 1 amide bonds. The first-order valence-electron chi connectivity index (χ1n) is 11.8. The molecule has 0 spiro atoms. The second-order valence-electron chi connectivity index (χ2n) is 8.02. The largest absolute Gasteiger partial charge is 0.464 e. The molecule has 28 heavy (non-hydrogen) atoms. The van der Waals surface area contributed by atoms with Gasteiger partial charge in [-0.2, -0.15) is 0 Å². The van der Waals surface area contributed by atoms with E-state index in [4.69, 9.17) is 9.47 Å². The van der Waals surface area contributed by atoms with Gasteiger partial charge >= 0.3 is 12.1 Å². The molecule has 0 radical (unpaired) electrons. The van der Waals surface area contributed by atoms with Crippen molar-refractivity contribution in [2.75, 3.05) is 19.8 Å². The number of amides is 1. The fourth-order valence-corrected chi connectivity index (χ4v) is 3.65. The molecule has 0 unspecified atom stereocenters. The van der Waals surface area contributed by atoms with E-state index in [1.54, 1.807) is 4.90 Å². The molecule has 1 fully saturated rings. The Labute approximate surface area is 172 Å². The molecular formula is C23H43NO4. The Morgan fingerprint density at radius 3 is 1.89 bits per heavy atom. The molecule has 5 nitrogen and oxygen atoms in total. The van der Waals surface area contributed by atoms with Crippen LogP contribution in [0.5, 0.6) is 0 Å². The van der Waals surface area contributed by atoms with E-state index in [0.29, 0.717) is 26.2 Å². The third-order valence-electron chi connectivity index (χ3n) is 5.48. The summed E-state index contributed by atoms with van der Waals surface area (Å²) in [6.07, 6.45) is 17.0. The fraction of sp³-hybridized carbons (Fsp3) is 0.913. The quantitative estimate of drug-likeness (QED) is 0.228. The Morgan fingerprint density at radius 1 is 0.750 bits per heavy atom. The molecule has 1 rings (SSSR count). The molecule has 0 N–H and O–H groups in total. The summed E-state index contributed by atoms with van der Waals surface area (Å²) in [7, 11) is 0. The number of nitrogens with zero attached hydrogens (tertiary/aromatic N) is 1. The third kappa shape index (κ3) is 10.9. The van der Waals surface area contributed by atoms with Crippen molar-refractivity contribution in [3.63, 3.8) is 0 Å². The molecule has 1 saturated heterocycles. The lowest BCUT2D eigenvalue weighted by molar-refractivity contribution is -0.148. The molecule has 0 aromatic carbocycles. The highest BCUT2D eigenvalue weighted by molar-refractivity contribution is 5.82. The van der Waals surface area contributed by atoms with E-state index >= 15 is 0 Å². The number of likely N-dealkylation sites (tertiary alicyclic amines) is 1. The van der Waals surface area contributed by atoms with E-state index in [1.807, 2.05) is 0 Å². The smallest absolute Gasteiger partial charge is 0.410 e. The highest BCUT2D eigenvalue weighted by atomic mass is 16.6. The van der Waals surface area contributed by atoms with Crippen molar-refractivity contribution in [3.8, 4) is 0 Å². The average Bonchev–Trinajstić information content (AvgIpc) is 3.19. The summed E-state index contributed by atoms with van der Waals surface area (Å²) in [5.41, 5.74) is 0. The number of rotatable bonds is 16. The second kappa shape index (κ2) is 16.7. The second-order valence-corrected chi connectivity index (χ2v) is 8.02. The summed E-state index contributed by atoms with van der Waals surface area (Å²) >= 11 is 0. The van der Waals surface area contributed by atoms with Gasteiger partial charge in [0, 0.05) is 6.54 Å². The number of carbonyl (C=O) groups is 2. The zero-order chi connectivity index (χ0) is 20.5. The van der Waals surface area contributed by atoms with E-state index in [9.17, 15) is 9.59 Å². The molecule has 0 aromatic heterocycles. The number of unbranched alkanes of at least 4 members (excludes halogenated alkanes) is 11. The van der Waals surface area contributed by atoms with Gasteiger partial charge in [0.1, 0.15) is 6.04 Å². The van der Waals surface area contributed by atoms with Gasteiger partial charge in [-0.25, -0.2) is 9.59 Å². The van der Waals surface area contributed by atoms with Gasteiger partial charge in [-0.05, 0) is 25.7 Å². The van der Waals surface area contributed by atoms with Crippen LogP contribution in [0.2, 0.25) is 0 Å². The molecule has 0 bridgehead atoms. The van der Waals surface area contributed by atoms with Crippen molar-refractivity contribution >= 4 is 12.1 Å². The maximum atomic E-state index is 12.3. The van der Waals surface area contributed by atoms with Gasteiger partial charge in [-0.3, -0.25) is 4.90 Å². The molecule has 164 valence electrons. The summed E-state index contributed by atoms with van der Waals surface area (Å²) in [5, 5.41) is 0. The summed E-state index contributed by atoms with van der Waals surface area (Å²) in [6, 6.07) is -0.457. The van der Waals surface area contributed by atoms with Crippen LogP contribution in [0.3, 0.4) is 0 Å². The van der Waals surface area contributed by atoms with Gasteiger partial charge in [0.25, 0.3) is 0 Å². The van der Waals surface area contributed by atoms with Crippen LogP contribution in [-0.2, 0) is 14.3 Å². The van der Waals surface area contributed by atoms with Crippen LogP contribution >= 0.6 is 0 Å². The number of hydrogen-bond acceptors (Lipinski definition) is 4. The Hall–Kier alpha value is -1.26. The van der Waals surface area contributed by atoms with Gasteiger partial charge < -0.3 is 9.47 Å². The monoisotopic (exact) mass is 397 g/mol. The lowest BCUT2D eigenvalue weighted by Gasteiger charge is -2.22. The van der Waals surface area contributed by atoms with Crippen LogP contribution in [0.4, 0.5) is 4.79 Å². The van der Waals surface area contributed by atoms with Crippen LogP contribution in [-0.4, -0.2) is 42.8 Å². The molecule has 0 aliphatic carbocycles. The Bertz CT molecular complexity index is 413.